The van der Waals surface area contributed by atoms with E-state index in [2.05, 4.69) is 83.7 Å². The van der Waals surface area contributed by atoms with Crippen LogP contribution >= 0.6 is 0 Å². The molecule has 3 aromatic rings. The number of nitrogens with zero attached hydrogens (tertiary/aromatic N) is 5. The number of nitrogens with one attached hydrogen (secondary N) is 3. The van der Waals surface area contributed by atoms with Crippen molar-refractivity contribution in [2.45, 2.75) is 59.8 Å². The number of rotatable bonds is 8. The Balaban J connectivity index is 1.27. The van der Waals surface area contributed by atoms with E-state index >= 15 is 0 Å². The summed E-state index contributed by atoms with van der Waals surface area (Å²) in [6, 6.07) is 6.04. The van der Waals surface area contributed by atoms with Crippen LogP contribution in [0.15, 0.2) is 54.3 Å². The number of pyridine rings is 2. The third-order valence-corrected chi connectivity index (χ3v) is 6.84. The molecule has 0 aromatic carbocycles. The Labute approximate surface area is 219 Å². The Bertz CT molecular complexity index is 1300. The van der Waals surface area contributed by atoms with E-state index in [9.17, 15) is 0 Å². The molecule has 2 atom stereocenters. The van der Waals surface area contributed by atoms with Gasteiger partial charge in [-0.25, -0.2) is 4.98 Å². The Hall–Kier alpha value is -3.43. The molecule has 0 amide bonds. The van der Waals surface area contributed by atoms with E-state index in [0.717, 1.165) is 72.1 Å². The minimum absolute atomic E-state index is 0.300. The van der Waals surface area contributed by atoms with Gasteiger partial charge in [-0.2, -0.15) is 5.10 Å². The summed E-state index contributed by atoms with van der Waals surface area (Å²) in [5, 5.41) is 8.15. The largest absolute Gasteiger partial charge is 0.373 e. The maximum absolute atomic E-state index is 5.85. The molecular weight excluding hydrogens is 464 g/mol. The standard InChI is InChI=1S/C28H38N8O/c1-18(2)22-12-28(33-30-14-22)32-27-8-7-25-26(31-27)11-23(13-29-25)24-17-36(34-21(24)5)10-6-9-35-15-19(3)37-20(4)16-35/h7-8,11-14,17-20,30,33H,6,9-10,15-16H2,1-5H3,(H,31,32)/t19-,20+. The molecule has 0 unspecified atom stereocenters. The van der Waals surface area contributed by atoms with Crippen LogP contribution in [0.2, 0.25) is 0 Å². The van der Waals surface area contributed by atoms with Crippen molar-refractivity contribution in [3.63, 3.8) is 0 Å². The lowest BCUT2D eigenvalue weighted by Crippen LogP contribution is -2.45. The normalized spacial score (nSPS) is 20.4. The monoisotopic (exact) mass is 502 g/mol. The van der Waals surface area contributed by atoms with E-state index in [1.54, 1.807) is 0 Å². The van der Waals surface area contributed by atoms with Crippen LogP contribution < -0.4 is 16.2 Å². The Morgan fingerprint density at radius 3 is 2.73 bits per heavy atom. The summed E-state index contributed by atoms with van der Waals surface area (Å²) in [6.45, 7) is 14.6. The second kappa shape index (κ2) is 10.9. The van der Waals surface area contributed by atoms with E-state index < -0.39 is 0 Å². The van der Waals surface area contributed by atoms with Gasteiger partial charge in [0.05, 0.1) is 28.9 Å². The lowest BCUT2D eigenvalue weighted by Gasteiger charge is -2.35. The van der Waals surface area contributed by atoms with E-state index in [4.69, 9.17) is 14.8 Å². The molecule has 2 aliphatic rings. The van der Waals surface area contributed by atoms with Gasteiger partial charge in [-0.15, -0.1) is 0 Å². The number of allylic oxidation sites excluding steroid dienone is 2. The number of ether oxygens (including phenoxy) is 1. The smallest absolute Gasteiger partial charge is 0.132 e. The summed E-state index contributed by atoms with van der Waals surface area (Å²) >= 11 is 0. The first-order valence-corrected chi connectivity index (χ1v) is 13.2. The van der Waals surface area contributed by atoms with Crippen molar-refractivity contribution < 1.29 is 4.74 Å². The third-order valence-electron chi connectivity index (χ3n) is 6.84. The SMILES string of the molecule is Cc1nn(CCCN2C[C@@H](C)O[C@@H](C)C2)cc1-c1cnc2ccc(NC3=CC(C(C)C)=CNN3)nc2c1. The van der Waals surface area contributed by atoms with Gasteiger partial charge in [-0.1, -0.05) is 13.8 Å². The molecule has 2 aliphatic heterocycles. The molecule has 196 valence electrons. The first kappa shape index (κ1) is 25.2. The third kappa shape index (κ3) is 6.11. The fourth-order valence-electron chi connectivity index (χ4n) is 5.04. The highest BCUT2D eigenvalue weighted by Gasteiger charge is 2.21. The topological polar surface area (TPSA) is 92.2 Å². The van der Waals surface area contributed by atoms with Crippen LogP contribution in [0.4, 0.5) is 5.82 Å². The van der Waals surface area contributed by atoms with E-state index in [-0.39, 0.29) is 0 Å². The zero-order chi connectivity index (χ0) is 25.9. The van der Waals surface area contributed by atoms with Gasteiger partial charge in [-0.05, 0) is 63.0 Å². The van der Waals surface area contributed by atoms with Gasteiger partial charge in [-0.3, -0.25) is 20.0 Å². The first-order valence-electron chi connectivity index (χ1n) is 13.2. The summed E-state index contributed by atoms with van der Waals surface area (Å²) in [7, 11) is 0. The van der Waals surface area contributed by atoms with Crippen LogP contribution in [0.1, 0.15) is 39.8 Å². The molecule has 0 radical (unpaired) electrons. The number of aromatic nitrogens is 4. The minimum atomic E-state index is 0.300. The molecule has 37 heavy (non-hydrogen) atoms. The van der Waals surface area contributed by atoms with Gasteiger partial charge in [0.25, 0.3) is 0 Å². The summed E-state index contributed by atoms with van der Waals surface area (Å²) in [4.78, 5) is 12.0. The van der Waals surface area contributed by atoms with Crippen LogP contribution in [0.25, 0.3) is 22.2 Å². The fraction of sp³-hybridized carbons (Fsp3) is 0.464. The highest BCUT2D eigenvalue weighted by Crippen LogP contribution is 2.26. The Kier molecular flexibility index (Phi) is 7.43. The predicted molar refractivity (Wildman–Crippen MR) is 147 cm³/mol. The molecule has 9 heteroatoms. The van der Waals surface area contributed by atoms with Crippen molar-refractivity contribution in [3.05, 3.63) is 60.0 Å². The van der Waals surface area contributed by atoms with Gasteiger partial charge in [0, 0.05) is 55.9 Å². The van der Waals surface area contributed by atoms with Gasteiger partial charge in [0.1, 0.15) is 11.6 Å². The molecule has 0 aliphatic carbocycles. The zero-order valence-electron chi connectivity index (χ0n) is 22.5. The van der Waals surface area contributed by atoms with Crippen LogP contribution in [0.3, 0.4) is 0 Å². The number of anilines is 1. The Morgan fingerprint density at radius 1 is 1.14 bits per heavy atom. The lowest BCUT2D eigenvalue weighted by molar-refractivity contribution is -0.0683. The molecule has 1 saturated heterocycles. The summed E-state index contributed by atoms with van der Waals surface area (Å²) < 4.78 is 7.91. The number of fused-ring (bicyclic) bond motifs is 1. The van der Waals surface area contributed by atoms with E-state index in [0.29, 0.717) is 18.1 Å². The number of aryl methyl sites for hydroxylation is 2. The Morgan fingerprint density at radius 2 is 1.95 bits per heavy atom. The molecule has 0 saturated carbocycles. The van der Waals surface area contributed by atoms with Crippen LogP contribution in [-0.2, 0) is 11.3 Å². The summed E-state index contributed by atoms with van der Waals surface area (Å²) in [5.74, 6) is 2.05. The van der Waals surface area contributed by atoms with Gasteiger partial charge in [0.2, 0.25) is 0 Å². The van der Waals surface area contributed by atoms with Crippen LogP contribution in [0, 0.1) is 12.8 Å². The molecule has 3 aromatic heterocycles. The van der Waals surface area contributed by atoms with Gasteiger partial charge < -0.3 is 15.5 Å². The second-order valence-electron chi connectivity index (χ2n) is 10.5. The van der Waals surface area contributed by atoms with Crippen LogP contribution in [0.5, 0.6) is 0 Å². The number of hydrazine groups is 1. The quantitative estimate of drug-likeness (QED) is 0.422. The molecule has 9 nitrogen and oxygen atoms in total. The van der Waals surface area contributed by atoms with Gasteiger partial charge >= 0.3 is 0 Å². The van der Waals surface area contributed by atoms with Crippen molar-refractivity contribution in [2.24, 2.45) is 5.92 Å². The van der Waals surface area contributed by atoms with E-state index in [1.165, 1.54) is 5.57 Å². The maximum Gasteiger partial charge on any atom is 0.132 e. The summed E-state index contributed by atoms with van der Waals surface area (Å²) in [5.41, 5.74) is 12.3. The van der Waals surface area contributed by atoms with Crippen molar-refractivity contribution in [2.75, 3.05) is 25.0 Å². The molecule has 5 rings (SSSR count). The number of hydrogen-bond donors (Lipinski definition) is 3. The van der Waals surface area contributed by atoms with Crippen molar-refractivity contribution in [1.29, 1.82) is 0 Å². The number of hydrogen-bond acceptors (Lipinski definition) is 8. The first-order chi connectivity index (χ1) is 17.8. The molecule has 3 N–H and O–H groups in total. The van der Waals surface area contributed by atoms with E-state index in [1.807, 2.05) is 24.5 Å². The summed E-state index contributed by atoms with van der Waals surface area (Å²) in [6.07, 6.45) is 9.77. The molecule has 5 heterocycles. The lowest BCUT2D eigenvalue weighted by atomic mass is 10.0. The molecule has 0 spiro atoms. The number of morpholine rings is 1. The zero-order valence-corrected chi connectivity index (χ0v) is 22.5. The molecule has 1 fully saturated rings. The maximum atomic E-state index is 5.85. The average molecular weight is 503 g/mol. The molecular formula is C28H38N8O. The van der Waals surface area contributed by atoms with Gasteiger partial charge in [0.15, 0.2) is 0 Å². The van der Waals surface area contributed by atoms with Crippen molar-refractivity contribution in [3.8, 4) is 11.1 Å². The van der Waals surface area contributed by atoms with Crippen molar-refractivity contribution >= 4 is 16.9 Å². The van der Waals surface area contributed by atoms with Crippen LogP contribution in [-0.4, -0.2) is 56.5 Å². The highest BCUT2D eigenvalue weighted by molar-refractivity contribution is 5.82. The fourth-order valence-corrected chi connectivity index (χ4v) is 5.04. The predicted octanol–water partition coefficient (Wildman–Crippen LogP) is 4.20. The second-order valence-corrected chi connectivity index (χ2v) is 10.5. The van der Waals surface area contributed by atoms with Crippen molar-refractivity contribution in [1.82, 2.24) is 35.5 Å². The highest BCUT2D eigenvalue weighted by atomic mass is 16.5. The minimum Gasteiger partial charge on any atom is -0.373 e. The molecule has 0 bridgehead atoms. The average Bonchev–Trinajstić information content (AvgIpc) is 3.23.